The first-order chi connectivity index (χ1) is 14.4. The summed E-state index contributed by atoms with van der Waals surface area (Å²) in [6, 6.07) is 18.5. The van der Waals surface area contributed by atoms with Gasteiger partial charge in [-0.05, 0) is 35.4 Å². The summed E-state index contributed by atoms with van der Waals surface area (Å²) in [5.74, 6) is -0.603. The lowest BCUT2D eigenvalue weighted by atomic mass is 9.92. The third-order valence-electron chi connectivity index (χ3n) is 4.64. The molecular formula is C22H15F6NO2. The van der Waals surface area contributed by atoms with Crippen molar-refractivity contribution in [3.8, 4) is 11.1 Å². The second-order valence-electron chi connectivity index (χ2n) is 6.68. The summed E-state index contributed by atoms with van der Waals surface area (Å²) in [4.78, 5) is 12.3. The van der Waals surface area contributed by atoms with Crippen LogP contribution in [0.4, 0.5) is 32.0 Å². The Morgan fingerprint density at radius 3 is 1.65 bits per heavy atom. The average molecular weight is 439 g/mol. The number of amides is 1. The van der Waals surface area contributed by atoms with Crippen LogP contribution in [0.2, 0.25) is 0 Å². The van der Waals surface area contributed by atoms with E-state index in [1.807, 2.05) is 30.3 Å². The fourth-order valence-electron chi connectivity index (χ4n) is 2.93. The molecule has 0 aliphatic heterocycles. The van der Waals surface area contributed by atoms with Gasteiger partial charge in [-0.2, -0.15) is 26.3 Å². The van der Waals surface area contributed by atoms with Gasteiger partial charge in [0, 0.05) is 16.8 Å². The molecule has 162 valence electrons. The second kappa shape index (κ2) is 8.07. The van der Waals surface area contributed by atoms with Crippen molar-refractivity contribution in [2.45, 2.75) is 18.0 Å². The second-order valence-corrected chi connectivity index (χ2v) is 6.68. The molecule has 3 aromatic carbocycles. The first-order valence-electron chi connectivity index (χ1n) is 8.87. The number of carbonyl (C=O) groups is 1. The Balaban J connectivity index is 1.77. The Kier molecular flexibility index (Phi) is 5.82. The molecule has 0 aliphatic rings. The lowest BCUT2D eigenvalue weighted by Gasteiger charge is -2.32. The summed E-state index contributed by atoms with van der Waals surface area (Å²) in [6.45, 7) is 0. The zero-order valence-electron chi connectivity index (χ0n) is 15.6. The molecule has 1 amide bonds. The molecule has 2 N–H and O–H groups in total. The first kappa shape index (κ1) is 22.4. The van der Waals surface area contributed by atoms with Crippen LogP contribution in [-0.2, 0) is 5.60 Å². The number of alkyl halides is 6. The fourth-order valence-corrected chi connectivity index (χ4v) is 2.93. The van der Waals surface area contributed by atoms with E-state index in [-0.39, 0.29) is 11.3 Å². The predicted molar refractivity (Wildman–Crippen MR) is 102 cm³/mol. The lowest BCUT2D eigenvalue weighted by Crippen LogP contribution is -2.53. The van der Waals surface area contributed by atoms with E-state index >= 15 is 0 Å². The molecule has 0 saturated heterocycles. The standard InChI is InChI=1S/C22H15F6NO2/c23-21(24,25)20(31,22(26,27)28)17-10-12-18(13-11-17)29-19(30)16-8-6-15(7-9-16)14-4-2-1-3-5-14/h1-13,31H,(H,29,30). The van der Waals surface area contributed by atoms with E-state index in [1.165, 1.54) is 12.1 Å². The molecule has 3 nitrogen and oxygen atoms in total. The summed E-state index contributed by atoms with van der Waals surface area (Å²) < 4.78 is 77.6. The molecule has 0 aromatic heterocycles. The van der Waals surface area contributed by atoms with Gasteiger partial charge in [-0.1, -0.05) is 54.6 Å². The molecule has 0 unspecified atom stereocenters. The summed E-state index contributed by atoms with van der Waals surface area (Å²) >= 11 is 0. The van der Waals surface area contributed by atoms with E-state index in [4.69, 9.17) is 0 Å². The molecule has 0 fully saturated rings. The molecule has 3 rings (SSSR count). The molecule has 0 aliphatic carbocycles. The molecule has 0 radical (unpaired) electrons. The smallest absolute Gasteiger partial charge is 0.369 e. The van der Waals surface area contributed by atoms with Crippen molar-refractivity contribution in [3.05, 3.63) is 90.0 Å². The van der Waals surface area contributed by atoms with Crippen molar-refractivity contribution in [2.75, 3.05) is 5.32 Å². The van der Waals surface area contributed by atoms with E-state index in [2.05, 4.69) is 5.32 Å². The molecule has 31 heavy (non-hydrogen) atoms. The zero-order chi connectivity index (χ0) is 22.9. The van der Waals surface area contributed by atoms with Gasteiger partial charge in [0.15, 0.2) is 0 Å². The Labute approximate surface area is 173 Å². The number of hydrogen-bond acceptors (Lipinski definition) is 2. The highest BCUT2D eigenvalue weighted by atomic mass is 19.4. The minimum atomic E-state index is -5.98. The predicted octanol–water partition coefficient (Wildman–Crippen LogP) is 5.92. The maximum absolute atomic E-state index is 12.9. The van der Waals surface area contributed by atoms with Crippen molar-refractivity contribution in [3.63, 3.8) is 0 Å². The molecule has 0 saturated carbocycles. The van der Waals surface area contributed by atoms with Crippen molar-refractivity contribution < 1.29 is 36.2 Å². The van der Waals surface area contributed by atoms with Crippen LogP contribution in [0.15, 0.2) is 78.9 Å². The highest BCUT2D eigenvalue weighted by Gasteiger charge is 2.71. The lowest BCUT2D eigenvalue weighted by molar-refractivity contribution is -0.376. The van der Waals surface area contributed by atoms with Crippen molar-refractivity contribution in [1.82, 2.24) is 0 Å². The van der Waals surface area contributed by atoms with Gasteiger partial charge >= 0.3 is 12.4 Å². The van der Waals surface area contributed by atoms with Crippen LogP contribution in [0.5, 0.6) is 0 Å². The Hall–Kier alpha value is -3.33. The normalized spacial score (nSPS) is 12.5. The van der Waals surface area contributed by atoms with Crippen LogP contribution in [-0.4, -0.2) is 23.4 Å². The first-order valence-corrected chi connectivity index (χ1v) is 8.87. The van der Waals surface area contributed by atoms with E-state index in [9.17, 15) is 36.2 Å². The maximum atomic E-state index is 12.9. The highest BCUT2D eigenvalue weighted by molar-refractivity contribution is 6.04. The Morgan fingerprint density at radius 2 is 1.16 bits per heavy atom. The van der Waals surface area contributed by atoms with Crippen LogP contribution in [0.3, 0.4) is 0 Å². The van der Waals surface area contributed by atoms with Gasteiger partial charge < -0.3 is 10.4 Å². The largest absolute Gasteiger partial charge is 0.430 e. The van der Waals surface area contributed by atoms with Gasteiger partial charge in [-0.25, -0.2) is 0 Å². The SMILES string of the molecule is O=C(Nc1ccc(C(O)(C(F)(F)F)C(F)(F)F)cc1)c1ccc(-c2ccccc2)cc1. The van der Waals surface area contributed by atoms with Crippen molar-refractivity contribution in [2.24, 2.45) is 0 Å². The van der Waals surface area contributed by atoms with Crippen LogP contribution in [0.1, 0.15) is 15.9 Å². The van der Waals surface area contributed by atoms with Crippen molar-refractivity contribution >= 4 is 11.6 Å². The summed E-state index contributed by atoms with van der Waals surface area (Å²) in [6.07, 6.45) is -12.0. The van der Waals surface area contributed by atoms with Gasteiger partial charge in [-0.3, -0.25) is 4.79 Å². The molecule has 3 aromatic rings. The van der Waals surface area contributed by atoms with Crippen LogP contribution in [0.25, 0.3) is 11.1 Å². The number of anilines is 1. The molecule has 9 heteroatoms. The summed E-state index contributed by atoms with van der Waals surface area (Å²) in [5.41, 5.74) is -4.42. The topological polar surface area (TPSA) is 49.3 Å². The molecule has 0 atom stereocenters. The highest BCUT2D eigenvalue weighted by Crippen LogP contribution is 2.50. The maximum Gasteiger partial charge on any atom is 0.430 e. The van der Waals surface area contributed by atoms with E-state index in [1.54, 1.807) is 12.1 Å². The van der Waals surface area contributed by atoms with Crippen LogP contribution < -0.4 is 5.32 Å². The van der Waals surface area contributed by atoms with Gasteiger partial charge in [0.1, 0.15) is 0 Å². The van der Waals surface area contributed by atoms with Gasteiger partial charge in [0.2, 0.25) is 0 Å². The molecular weight excluding hydrogens is 424 g/mol. The van der Waals surface area contributed by atoms with Crippen LogP contribution >= 0.6 is 0 Å². The quantitative estimate of drug-likeness (QED) is 0.496. The Bertz CT molecular complexity index is 1030. The number of aliphatic hydroxyl groups is 1. The third kappa shape index (κ3) is 4.41. The van der Waals surface area contributed by atoms with E-state index in [0.717, 1.165) is 23.3 Å². The van der Waals surface area contributed by atoms with Gasteiger partial charge in [0.25, 0.3) is 11.5 Å². The molecule has 0 bridgehead atoms. The average Bonchev–Trinajstić information content (AvgIpc) is 2.73. The number of benzene rings is 3. The number of rotatable bonds is 4. The molecule has 0 heterocycles. The number of hydrogen-bond donors (Lipinski definition) is 2. The number of halogens is 6. The fraction of sp³-hybridized carbons (Fsp3) is 0.136. The monoisotopic (exact) mass is 439 g/mol. The number of nitrogens with one attached hydrogen (secondary N) is 1. The summed E-state index contributed by atoms with van der Waals surface area (Å²) in [5, 5.41) is 11.8. The Morgan fingerprint density at radius 1 is 0.677 bits per heavy atom. The van der Waals surface area contributed by atoms with Crippen molar-refractivity contribution in [1.29, 1.82) is 0 Å². The van der Waals surface area contributed by atoms with E-state index < -0.39 is 29.4 Å². The van der Waals surface area contributed by atoms with Gasteiger partial charge in [-0.15, -0.1) is 0 Å². The summed E-state index contributed by atoms with van der Waals surface area (Å²) in [7, 11) is 0. The van der Waals surface area contributed by atoms with Gasteiger partial charge in [0.05, 0.1) is 0 Å². The number of carbonyl (C=O) groups excluding carboxylic acids is 1. The zero-order valence-corrected chi connectivity index (χ0v) is 15.6. The molecule has 0 spiro atoms. The third-order valence-corrected chi connectivity index (χ3v) is 4.64. The minimum Gasteiger partial charge on any atom is -0.369 e. The van der Waals surface area contributed by atoms with E-state index in [0.29, 0.717) is 12.1 Å². The minimum absolute atomic E-state index is 0.0346. The van der Waals surface area contributed by atoms with Crippen LogP contribution in [0, 0.1) is 0 Å².